The molecule has 0 aliphatic carbocycles. The molecule has 0 N–H and O–H groups in total. The minimum Gasteiger partial charge on any atom is -0.334 e. The topological polar surface area (TPSA) is 30.7 Å². The number of nitrogens with zero attached hydrogens (tertiary/aromatic N) is 3. The van der Waals surface area contributed by atoms with Crippen molar-refractivity contribution in [3.05, 3.63) is 46.2 Å². The molecule has 3 nitrogen and oxygen atoms in total. The molecule has 1 aromatic carbocycles. The lowest BCUT2D eigenvalue weighted by Crippen LogP contribution is -1.96. The normalized spacial score (nSPS) is 11.2. The molecule has 19 heavy (non-hydrogen) atoms. The fourth-order valence-corrected chi connectivity index (χ4v) is 3.07. The van der Waals surface area contributed by atoms with Gasteiger partial charge in [0, 0.05) is 23.3 Å². The van der Waals surface area contributed by atoms with E-state index in [4.69, 9.17) is 0 Å². The van der Waals surface area contributed by atoms with Crippen molar-refractivity contribution in [2.75, 3.05) is 0 Å². The molecule has 0 radical (unpaired) electrons. The van der Waals surface area contributed by atoms with E-state index in [1.165, 1.54) is 5.56 Å². The SMILES string of the molecule is Cc1cccc(-c2nc(C)c3c(Br)cn(C)c3n2)c1. The highest BCUT2D eigenvalue weighted by Gasteiger charge is 2.12. The van der Waals surface area contributed by atoms with E-state index in [9.17, 15) is 0 Å². The Hall–Kier alpha value is -1.68. The van der Waals surface area contributed by atoms with Crippen molar-refractivity contribution in [3.63, 3.8) is 0 Å². The number of benzene rings is 1. The second-order valence-corrected chi connectivity index (χ2v) is 5.64. The molecule has 0 spiro atoms. The van der Waals surface area contributed by atoms with E-state index in [0.29, 0.717) is 0 Å². The molecule has 0 unspecified atom stereocenters. The molecule has 0 atom stereocenters. The van der Waals surface area contributed by atoms with Crippen molar-refractivity contribution >= 4 is 27.0 Å². The molecule has 2 aromatic heterocycles. The van der Waals surface area contributed by atoms with Crippen LogP contribution in [0.25, 0.3) is 22.4 Å². The van der Waals surface area contributed by atoms with E-state index >= 15 is 0 Å². The third-order valence-electron chi connectivity index (χ3n) is 3.23. The Morgan fingerprint density at radius 3 is 2.68 bits per heavy atom. The van der Waals surface area contributed by atoms with Gasteiger partial charge in [-0.25, -0.2) is 9.97 Å². The van der Waals surface area contributed by atoms with E-state index in [1.54, 1.807) is 0 Å². The van der Waals surface area contributed by atoms with Gasteiger partial charge in [0.15, 0.2) is 5.82 Å². The summed E-state index contributed by atoms with van der Waals surface area (Å²) in [5.41, 5.74) is 4.22. The smallest absolute Gasteiger partial charge is 0.161 e. The Morgan fingerprint density at radius 1 is 1.16 bits per heavy atom. The molecule has 0 saturated heterocycles. The Labute approximate surface area is 120 Å². The van der Waals surface area contributed by atoms with Crippen LogP contribution in [0.15, 0.2) is 34.9 Å². The molecular weight excluding hydrogens is 302 g/mol. The zero-order valence-corrected chi connectivity index (χ0v) is 12.7. The maximum absolute atomic E-state index is 4.69. The van der Waals surface area contributed by atoms with Gasteiger partial charge < -0.3 is 4.57 Å². The molecule has 0 amide bonds. The zero-order chi connectivity index (χ0) is 13.6. The van der Waals surface area contributed by atoms with Gasteiger partial charge in [-0.2, -0.15) is 0 Å². The van der Waals surface area contributed by atoms with Gasteiger partial charge in [-0.15, -0.1) is 0 Å². The lowest BCUT2D eigenvalue weighted by Gasteiger charge is -2.05. The van der Waals surface area contributed by atoms with E-state index < -0.39 is 0 Å². The van der Waals surface area contributed by atoms with Crippen LogP contribution in [0.1, 0.15) is 11.3 Å². The van der Waals surface area contributed by atoms with Gasteiger partial charge >= 0.3 is 0 Å². The summed E-state index contributed by atoms with van der Waals surface area (Å²) in [6, 6.07) is 8.27. The quantitative estimate of drug-likeness (QED) is 0.679. The van der Waals surface area contributed by atoms with Crippen LogP contribution >= 0.6 is 15.9 Å². The number of hydrogen-bond acceptors (Lipinski definition) is 2. The van der Waals surface area contributed by atoms with Gasteiger partial charge in [0.05, 0.1) is 11.1 Å². The second kappa shape index (κ2) is 4.46. The minimum absolute atomic E-state index is 0.780. The number of fused-ring (bicyclic) bond motifs is 1. The van der Waals surface area contributed by atoms with E-state index in [1.807, 2.05) is 36.9 Å². The molecule has 0 aliphatic rings. The summed E-state index contributed by atoms with van der Waals surface area (Å²) < 4.78 is 3.06. The van der Waals surface area contributed by atoms with Gasteiger partial charge in [0.1, 0.15) is 5.65 Å². The first-order valence-electron chi connectivity index (χ1n) is 6.12. The average molecular weight is 316 g/mol. The Balaban J connectivity index is 2.29. The summed E-state index contributed by atoms with van der Waals surface area (Å²) >= 11 is 3.56. The maximum Gasteiger partial charge on any atom is 0.161 e. The lowest BCUT2D eigenvalue weighted by atomic mass is 10.1. The van der Waals surface area contributed by atoms with Crippen LogP contribution in [0.3, 0.4) is 0 Å². The number of halogens is 1. The highest BCUT2D eigenvalue weighted by Crippen LogP contribution is 2.28. The van der Waals surface area contributed by atoms with E-state index in [-0.39, 0.29) is 0 Å². The minimum atomic E-state index is 0.780. The monoisotopic (exact) mass is 315 g/mol. The van der Waals surface area contributed by atoms with E-state index in [0.717, 1.165) is 32.6 Å². The first-order chi connectivity index (χ1) is 9.06. The summed E-state index contributed by atoms with van der Waals surface area (Å²) in [7, 11) is 2.00. The average Bonchev–Trinajstić information content (AvgIpc) is 2.65. The fourth-order valence-electron chi connectivity index (χ4n) is 2.30. The third kappa shape index (κ3) is 2.06. The molecule has 96 valence electrons. The number of aryl methyl sites for hydroxylation is 3. The first-order valence-corrected chi connectivity index (χ1v) is 6.92. The Bertz CT molecular complexity index is 774. The largest absolute Gasteiger partial charge is 0.334 e. The van der Waals surface area contributed by atoms with Crippen LogP contribution < -0.4 is 0 Å². The third-order valence-corrected chi connectivity index (χ3v) is 3.83. The number of rotatable bonds is 1. The number of hydrogen-bond donors (Lipinski definition) is 0. The highest BCUT2D eigenvalue weighted by atomic mass is 79.9. The van der Waals surface area contributed by atoms with Gasteiger partial charge in [0.25, 0.3) is 0 Å². The summed E-state index contributed by atoms with van der Waals surface area (Å²) in [5, 5.41) is 1.08. The van der Waals surface area contributed by atoms with Crippen molar-refractivity contribution < 1.29 is 0 Å². The summed E-state index contributed by atoms with van der Waals surface area (Å²) in [6.45, 7) is 4.10. The molecule has 0 fully saturated rings. The standard InChI is InChI=1S/C15H14BrN3/c1-9-5-4-6-11(7-9)14-17-10(2)13-12(16)8-19(3)15(13)18-14/h4-8H,1-3H3. The van der Waals surface area contributed by atoms with Crippen molar-refractivity contribution in [2.24, 2.45) is 7.05 Å². The van der Waals surface area contributed by atoms with Crippen LogP contribution in [0.2, 0.25) is 0 Å². The van der Waals surface area contributed by atoms with Gasteiger partial charge in [-0.3, -0.25) is 0 Å². The van der Waals surface area contributed by atoms with Crippen LogP contribution in [-0.2, 0) is 7.05 Å². The molecular formula is C15H14BrN3. The molecule has 0 aliphatic heterocycles. The summed E-state index contributed by atoms with van der Waals surface area (Å²) in [6.07, 6.45) is 2.02. The predicted molar refractivity (Wildman–Crippen MR) is 81.1 cm³/mol. The van der Waals surface area contributed by atoms with Crippen LogP contribution in [0, 0.1) is 13.8 Å². The van der Waals surface area contributed by atoms with E-state index in [2.05, 4.69) is 45.0 Å². The zero-order valence-electron chi connectivity index (χ0n) is 11.1. The summed E-state index contributed by atoms with van der Waals surface area (Å²) in [5.74, 6) is 0.780. The number of aromatic nitrogens is 3. The second-order valence-electron chi connectivity index (χ2n) is 4.79. The predicted octanol–water partition coefficient (Wildman–Crippen LogP) is 4.01. The fraction of sp³-hybridized carbons (Fsp3) is 0.200. The van der Waals surface area contributed by atoms with Gasteiger partial charge in [-0.1, -0.05) is 23.8 Å². The molecule has 4 heteroatoms. The van der Waals surface area contributed by atoms with Crippen molar-refractivity contribution in [1.82, 2.24) is 14.5 Å². The molecule has 2 heterocycles. The van der Waals surface area contributed by atoms with Crippen molar-refractivity contribution in [1.29, 1.82) is 0 Å². The molecule has 3 rings (SSSR count). The molecule has 3 aromatic rings. The highest BCUT2D eigenvalue weighted by molar-refractivity contribution is 9.10. The van der Waals surface area contributed by atoms with Gasteiger partial charge in [0.2, 0.25) is 0 Å². The Kier molecular flexibility index (Phi) is 2.90. The Morgan fingerprint density at radius 2 is 1.95 bits per heavy atom. The lowest BCUT2D eigenvalue weighted by molar-refractivity contribution is 0.941. The maximum atomic E-state index is 4.69. The van der Waals surface area contributed by atoms with Crippen molar-refractivity contribution in [3.8, 4) is 11.4 Å². The summed E-state index contributed by atoms with van der Waals surface area (Å²) in [4.78, 5) is 9.32. The van der Waals surface area contributed by atoms with Gasteiger partial charge in [-0.05, 0) is 35.8 Å². The van der Waals surface area contributed by atoms with Crippen LogP contribution in [0.4, 0.5) is 0 Å². The molecule has 0 saturated carbocycles. The van der Waals surface area contributed by atoms with Crippen LogP contribution in [0.5, 0.6) is 0 Å². The van der Waals surface area contributed by atoms with Crippen molar-refractivity contribution in [2.45, 2.75) is 13.8 Å². The van der Waals surface area contributed by atoms with Crippen LogP contribution in [-0.4, -0.2) is 14.5 Å². The molecule has 0 bridgehead atoms. The first kappa shape index (κ1) is 12.4.